The van der Waals surface area contributed by atoms with E-state index >= 15 is 0 Å². The Morgan fingerprint density at radius 3 is 2.64 bits per heavy atom. The first-order chi connectivity index (χ1) is 6.74. The zero-order valence-corrected chi connectivity index (χ0v) is 7.93. The van der Waals surface area contributed by atoms with Crippen molar-refractivity contribution in [2.45, 2.75) is 6.10 Å². The normalized spacial score (nSPS) is 11.9. The van der Waals surface area contributed by atoms with E-state index in [0.717, 1.165) is 0 Å². The minimum absolute atomic E-state index is 0.0245. The summed E-state index contributed by atoms with van der Waals surface area (Å²) in [4.78, 5) is 0. The molecule has 0 aliphatic heterocycles. The van der Waals surface area contributed by atoms with Crippen molar-refractivity contribution >= 4 is 5.90 Å². The number of aliphatic hydroxyl groups excluding tert-OH is 1. The molecule has 1 unspecified atom stereocenters. The maximum Gasteiger partial charge on any atom is 0.213 e. The topological polar surface area (TPSA) is 62.5 Å². The fraction of sp³-hybridized carbons (Fsp3) is 0.300. The molecule has 0 bridgehead atoms. The molecule has 1 atom stereocenters. The molecule has 0 fully saturated rings. The van der Waals surface area contributed by atoms with E-state index in [1.807, 2.05) is 18.2 Å². The zero-order valence-electron chi connectivity index (χ0n) is 7.93. The second-order valence-electron chi connectivity index (χ2n) is 2.71. The molecule has 76 valence electrons. The van der Waals surface area contributed by atoms with Crippen molar-refractivity contribution in [2.24, 2.45) is 0 Å². The van der Waals surface area contributed by atoms with Gasteiger partial charge in [0, 0.05) is 0 Å². The number of hydrogen-bond donors (Lipinski definition) is 2. The van der Waals surface area contributed by atoms with E-state index in [9.17, 15) is 5.11 Å². The van der Waals surface area contributed by atoms with Gasteiger partial charge in [-0.05, 0) is 12.1 Å². The molecule has 4 heteroatoms. The summed E-state index contributed by atoms with van der Waals surface area (Å²) in [6, 6.07) is 9.11. The Hall–Kier alpha value is -1.55. The Labute approximate surface area is 82.6 Å². The summed E-state index contributed by atoms with van der Waals surface area (Å²) >= 11 is 0. The molecule has 2 N–H and O–H groups in total. The minimum atomic E-state index is -1.01. The number of methoxy groups -OCH3 is 1. The fourth-order valence-electron chi connectivity index (χ4n) is 0.904. The van der Waals surface area contributed by atoms with Gasteiger partial charge in [-0.2, -0.15) is 0 Å². The summed E-state index contributed by atoms with van der Waals surface area (Å²) in [7, 11) is 1.34. The van der Waals surface area contributed by atoms with Crippen molar-refractivity contribution in [1.29, 1.82) is 5.41 Å². The maximum atomic E-state index is 9.30. The number of rotatable bonds is 4. The van der Waals surface area contributed by atoms with E-state index in [4.69, 9.17) is 10.1 Å². The van der Waals surface area contributed by atoms with Crippen molar-refractivity contribution in [1.82, 2.24) is 0 Å². The van der Waals surface area contributed by atoms with E-state index in [2.05, 4.69) is 4.74 Å². The van der Waals surface area contributed by atoms with Crippen LogP contribution in [0.5, 0.6) is 5.75 Å². The van der Waals surface area contributed by atoms with E-state index in [1.54, 1.807) is 12.1 Å². The molecular formula is C10H13NO3. The molecule has 0 spiro atoms. The first kappa shape index (κ1) is 10.5. The van der Waals surface area contributed by atoms with Crippen LogP contribution in [0.2, 0.25) is 0 Å². The molecule has 0 radical (unpaired) electrons. The molecule has 0 aliphatic rings. The van der Waals surface area contributed by atoms with Gasteiger partial charge in [-0.3, -0.25) is 5.41 Å². The summed E-state index contributed by atoms with van der Waals surface area (Å²) in [6.07, 6.45) is -1.01. The first-order valence-corrected chi connectivity index (χ1v) is 4.22. The summed E-state index contributed by atoms with van der Waals surface area (Å²) in [5.41, 5.74) is 0. The molecule has 0 saturated heterocycles. The number of benzene rings is 1. The van der Waals surface area contributed by atoms with Crippen molar-refractivity contribution in [3.63, 3.8) is 0 Å². The van der Waals surface area contributed by atoms with Gasteiger partial charge < -0.3 is 14.6 Å². The van der Waals surface area contributed by atoms with Gasteiger partial charge in [0.25, 0.3) is 0 Å². The molecule has 1 aromatic carbocycles. The molecule has 0 amide bonds. The summed E-state index contributed by atoms with van der Waals surface area (Å²) in [6.45, 7) is 0.0245. The number of para-hydroxylation sites is 1. The lowest BCUT2D eigenvalue weighted by Crippen LogP contribution is -2.27. The lowest BCUT2D eigenvalue weighted by atomic mass is 10.3. The number of hydrogen-bond acceptors (Lipinski definition) is 4. The summed E-state index contributed by atoms with van der Waals surface area (Å²) in [5.74, 6) is 0.469. The first-order valence-electron chi connectivity index (χ1n) is 4.22. The van der Waals surface area contributed by atoms with Gasteiger partial charge in [0.05, 0.1) is 7.11 Å². The summed E-state index contributed by atoms with van der Waals surface area (Å²) < 4.78 is 9.77. The van der Waals surface area contributed by atoms with Gasteiger partial charge in [-0.25, -0.2) is 0 Å². The molecule has 0 saturated carbocycles. The van der Waals surface area contributed by atoms with Crippen molar-refractivity contribution in [2.75, 3.05) is 13.7 Å². The van der Waals surface area contributed by atoms with Crippen LogP contribution in [0.4, 0.5) is 0 Å². The number of aliphatic hydroxyl groups is 1. The molecule has 0 aromatic heterocycles. The van der Waals surface area contributed by atoms with Gasteiger partial charge >= 0.3 is 0 Å². The van der Waals surface area contributed by atoms with E-state index < -0.39 is 6.10 Å². The second kappa shape index (κ2) is 5.24. The largest absolute Gasteiger partial charge is 0.490 e. The zero-order chi connectivity index (χ0) is 10.4. The highest BCUT2D eigenvalue weighted by atomic mass is 16.5. The predicted octanol–water partition coefficient (Wildman–Crippen LogP) is 1.05. The highest BCUT2D eigenvalue weighted by Crippen LogP contribution is 2.08. The molecular weight excluding hydrogens is 182 g/mol. The van der Waals surface area contributed by atoms with Crippen molar-refractivity contribution in [3.8, 4) is 5.75 Å². The Morgan fingerprint density at radius 2 is 2.07 bits per heavy atom. The number of ether oxygens (including phenoxy) is 2. The van der Waals surface area contributed by atoms with Crippen LogP contribution >= 0.6 is 0 Å². The molecule has 0 heterocycles. The predicted molar refractivity (Wildman–Crippen MR) is 52.7 cm³/mol. The maximum absolute atomic E-state index is 9.30. The second-order valence-corrected chi connectivity index (χ2v) is 2.71. The third kappa shape index (κ3) is 3.06. The Kier molecular flexibility index (Phi) is 3.94. The Bertz CT molecular complexity index is 287. The van der Waals surface area contributed by atoms with Crippen LogP contribution in [0.25, 0.3) is 0 Å². The van der Waals surface area contributed by atoms with Crippen LogP contribution in [-0.4, -0.2) is 30.8 Å². The molecule has 1 rings (SSSR count). The third-order valence-electron chi connectivity index (χ3n) is 1.67. The molecule has 1 aromatic rings. The number of nitrogens with one attached hydrogen (secondary N) is 1. The third-order valence-corrected chi connectivity index (χ3v) is 1.67. The standard InChI is InChI=1S/C10H13NO3/c1-13-10(11)9(12)7-14-8-5-3-2-4-6-8/h2-6,9,11-12H,7H2,1H3. The highest BCUT2D eigenvalue weighted by Gasteiger charge is 2.11. The van der Waals surface area contributed by atoms with Gasteiger partial charge in [0.1, 0.15) is 12.4 Å². The van der Waals surface area contributed by atoms with Crippen LogP contribution in [-0.2, 0) is 4.74 Å². The Balaban J connectivity index is 2.38. The average molecular weight is 195 g/mol. The summed E-state index contributed by atoms with van der Waals surface area (Å²) in [5, 5.41) is 16.5. The SMILES string of the molecule is COC(=N)C(O)COc1ccccc1. The minimum Gasteiger partial charge on any atom is -0.490 e. The molecule has 0 aliphatic carbocycles. The molecule has 14 heavy (non-hydrogen) atoms. The van der Waals surface area contributed by atoms with E-state index in [0.29, 0.717) is 5.75 Å². The fourth-order valence-corrected chi connectivity index (χ4v) is 0.904. The lowest BCUT2D eigenvalue weighted by Gasteiger charge is -2.11. The van der Waals surface area contributed by atoms with Crippen LogP contribution in [0.3, 0.4) is 0 Å². The van der Waals surface area contributed by atoms with Crippen molar-refractivity contribution in [3.05, 3.63) is 30.3 Å². The van der Waals surface area contributed by atoms with Gasteiger partial charge in [-0.15, -0.1) is 0 Å². The highest BCUT2D eigenvalue weighted by molar-refractivity contribution is 5.77. The van der Waals surface area contributed by atoms with Gasteiger partial charge in [0.2, 0.25) is 5.90 Å². The van der Waals surface area contributed by atoms with E-state index in [-0.39, 0.29) is 12.5 Å². The van der Waals surface area contributed by atoms with Gasteiger partial charge in [0.15, 0.2) is 6.10 Å². The van der Waals surface area contributed by atoms with Crippen LogP contribution < -0.4 is 4.74 Å². The smallest absolute Gasteiger partial charge is 0.213 e. The van der Waals surface area contributed by atoms with Crippen LogP contribution in [0, 0.1) is 5.41 Å². The quantitative estimate of drug-likeness (QED) is 0.557. The van der Waals surface area contributed by atoms with E-state index in [1.165, 1.54) is 7.11 Å². The molecule has 4 nitrogen and oxygen atoms in total. The van der Waals surface area contributed by atoms with Crippen molar-refractivity contribution < 1.29 is 14.6 Å². The average Bonchev–Trinajstić information content (AvgIpc) is 2.26. The lowest BCUT2D eigenvalue weighted by molar-refractivity contribution is 0.135. The van der Waals surface area contributed by atoms with Gasteiger partial charge in [-0.1, -0.05) is 18.2 Å². The van der Waals surface area contributed by atoms with Crippen LogP contribution in [0.15, 0.2) is 30.3 Å². The monoisotopic (exact) mass is 195 g/mol. The Morgan fingerprint density at radius 1 is 1.43 bits per heavy atom. The van der Waals surface area contributed by atoms with Crippen LogP contribution in [0.1, 0.15) is 0 Å².